The predicted octanol–water partition coefficient (Wildman–Crippen LogP) is 4.76. The average molecular weight is 292 g/mol. The maximum atomic E-state index is 12.9. The molecule has 0 radical (unpaired) electrons. The van der Waals surface area contributed by atoms with Crippen molar-refractivity contribution in [2.75, 3.05) is 0 Å². The summed E-state index contributed by atoms with van der Waals surface area (Å²) in [6, 6.07) is 15.0. The molecule has 0 aliphatic rings. The van der Waals surface area contributed by atoms with Gasteiger partial charge in [0, 0.05) is 17.1 Å². The summed E-state index contributed by atoms with van der Waals surface area (Å²) in [7, 11) is 0. The first-order chi connectivity index (χ1) is 9.56. The van der Waals surface area contributed by atoms with E-state index in [2.05, 4.69) is 19.2 Å². The van der Waals surface area contributed by atoms with Crippen LogP contribution < -0.4 is 5.32 Å². The molecule has 2 aromatic rings. The van der Waals surface area contributed by atoms with E-state index in [9.17, 15) is 4.39 Å². The van der Waals surface area contributed by atoms with Crippen LogP contribution in [0.3, 0.4) is 0 Å². The Bertz CT molecular complexity index is 553. The molecule has 0 bridgehead atoms. The van der Waals surface area contributed by atoms with Crippen LogP contribution >= 0.6 is 11.6 Å². The Kier molecular flexibility index (Phi) is 5.16. The van der Waals surface area contributed by atoms with E-state index >= 15 is 0 Å². The Morgan fingerprint density at radius 3 is 2.35 bits per heavy atom. The van der Waals surface area contributed by atoms with Crippen LogP contribution in [0.25, 0.3) is 0 Å². The molecule has 0 saturated carbocycles. The monoisotopic (exact) mass is 291 g/mol. The van der Waals surface area contributed by atoms with Gasteiger partial charge in [0.2, 0.25) is 0 Å². The van der Waals surface area contributed by atoms with E-state index in [0.29, 0.717) is 0 Å². The molecule has 0 aliphatic heterocycles. The van der Waals surface area contributed by atoms with Crippen molar-refractivity contribution in [2.24, 2.45) is 0 Å². The van der Waals surface area contributed by atoms with Crippen molar-refractivity contribution >= 4 is 11.6 Å². The molecule has 0 fully saturated rings. The Hall–Kier alpha value is -1.38. The second kappa shape index (κ2) is 6.87. The van der Waals surface area contributed by atoms with Crippen LogP contribution in [-0.2, 0) is 6.42 Å². The first-order valence-electron chi connectivity index (χ1n) is 6.81. The standard InChI is InChI=1S/C17H19ClFN/c1-12(11-14-7-9-15(19)10-8-14)20-13(2)16-5-3-4-6-17(16)18/h3-10,12-13,20H,11H2,1-2H3. The van der Waals surface area contributed by atoms with Gasteiger partial charge in [-0.05, 0) is 49.6 Å². The lowest BCUT2D eigenvalue weighted by Gasteiger charge is -2.21. The third-order valence-electron chi connectivity index (χ3n) is 3.36. The summed E-state index contributed by atoms with van der Waals surface area (Å²) in [6.07, 6.45) is 0.856. The van der Waals surface area contributed by atoms with Gasteiger partial charge in [-0.15, -0.1) is 0 Å². The third-order valence-corrected chi connectivity index (χ3v) is 3.71. The van der Waals surface area contributed by atoms with Gasteiger partial charge in [0.05, 0.1) is 0 Å². The molecule has 2 rings (SSSR count). The van der Waals surface area contributed by atoms with E-state index in [1.807, 2.05) is 36.4 Å². The number of rotatable bonds is 5. The zero-order valence-corrected chi connectivity index (χ0v) is 12.5. The summed E-state index contributed by atoms with van der Waals surface area (Å²) in [5, 5.41) is 4.30. The highest BCUT2D eigenvalue weighted by Gasteiger charge is 2.12. The predicted molar refractivity (Wildman–Crippen MR) is 82.6 cm³/mol. The molecule has 0 aromatic heterocycles. The van der Waals surface area contributed by atoms with Gasteiger partial charge in [-0.3, -0.25) is 0 Å². The van der Waals surface area contributed by atoms with E-state index < -0.39 is 0 Å². The maximum absolute atomic E-state index is 12.9. The van der Waals surface area contributed by atoms with E-state index in [4.69, 9.17) is 11.6 Å². The van der Waals surface area contributed by atoms with Crippen LogP contribution in [0.15, 0.2) is 48.5 Å². The van der Waals surface area contributed by atoms with Crippen LogP contribution in [0.5, 0.6) is 0 Å². The minimum absolute atomic E-state index is 0.180. The van der Waals surface area contributed by atoms with Crippen molar-refractivity contribution in [1.29, 1.82) is 0 Å². The largest absolute Gasteiger partial charge is 0.307 e. The summed E-state index contributed by atoms with van der Waals surface area (Å²) in [5.41, 5.74) is 2.22. The van der Waals surface area contributed by atoms with Crippen molar-refractivity contribution in [3.8, 4) is 0 Å². The molecule has 1 N–H and O–H groups in total. The van der Waals surface area contributed by atoms with Gasteiger partial charge in [0.25, 0.3) is 0 Å². The number of nitrogens with one attached hydrogen (secondary N) is 1. The first-order valence-corrected chi connectivity index (χ1v) is 7.19. The van der Waals surface area contributed by atoms with Crippen LogP contribution in [0.1, 0.15) is 31.0 Å². The second-order valence-electron chi connectivity index (χ2n) is 5.14. The smallest absolute Gasteiger partial charge is 0.123 e. The fourth-order valence-electron chi connectivity index (χ4n) is 2.38. The van der Waals surface area contributed by atoms with Gasteiger partial charge in [-0.2, -0.15) is 0 Å². The third kappa shape index (κ3) is 4.06. The number of halogens is 2. The van der Waals surface area contributed by atoms with Crippen molar-refractivity contribution in [3.63, 3.8) is 0 Å². The first kappa shape index (κ1) is 15.0. The Morgan fingerprint density at radius 2 is 1.70 bits per heavy atom. The van der Waals surface area contributed by atoms with Gasteiger partial charge < -0.3 is 5.32 Å². The minimum atomic E-state index is -0.196. The molecule has 106 valence electrons. The lowest BCUT2D eigenvalue weighted by atomic mass is 10.0. The molecule has 0 heterocycles. The molecule has 0 spiro atoms. The molecular weight excluding hydrogens is 273 g/mol. The Balaban J connectivity index is 1.96. The molecule has 0 saturated heterocycles. The highest BCUT2D eigenvalue weighted by atomic mass is 35.5. The molecule has 0 aliphatic carbocycles. The van der Waals surface area contributed by atoms with Crippen LogP contribution in [0.2, 0.25) is 5.02 Å². The van der Waals surface area contributed by atoms with Gasteiger partial charge >= 0.3 is 0 Å². The Labute approximate surface area is 124 Å². The molecule has 3 heteroatoms. The quantitative estimate of drug-likeness (QED) is 0.837. The summed E-state index contributed by atoms with van der Waals surface area (Å²) < 4.78 is 12.9. The zero-order valence-electron chi connectivity index (χ0n) is 11.7. The van der Waals surface area contributed by atoms with Crippen molar-refractivity contribution in [1.82, 2.24) is 5.32 Å². The lowest BCUT2D eigenvalue weighted by molar-refractivity contribution is 0.477. The van der Waals surface area contributed by atoms with Gasteiger partial charge in [0.1, 0.15) is 5.82 Å². The highest BCUT2D eigenvalue weighted by Crippen LogP contribution is 2.22. The van der Waals surface area contributed by atoms with E-state index in [0.717, 1.165) is 22.6 Å². The number of benzene rings is 2. The van der Waals surface area contributed by atoms with Crippen LogP contribution in [0, 0.1) is 5.82 Å². The summed E-state index contributed by atoms with van der Waals surface area (Å²) in [4.78, 5) is 0. The van der Waals surface area contributed by atoms with Crippen molar-refractivity contribution < 1.29 is 4.39 Å². The van der Waals surface area contributed by atoms with Crippen LogP contribution in [-0.4, -0.2) is 6.04 Å². The SMILES string of the molecule is CC(Cc1ccc(F)cc1)NC(C)c1ccccc1Cl. The fraction of sp³-hybridized carbons (Fsp3) is 0.294. The minimum Gasteiger partial charge on any atom is -0.307 e. The molecule has 20 heavy (non-hydrogen) atoms. The molecule has 2 atom stereocenters. The van der Waals surface area contributed by atoms with Crippen molar-refractivity contribution in [3.05, 3.63) is 70.5 Å². The van der Waals surface area contributed by atoms with E-state index in [1.54, 1.807) is 0 Å². The summed E-state index contributed by atoms with van der Waals surface area (Å²) in [5.74, 6) is -0.196. The highest BCUT2D eigenvalue weighted by molar-refractivity contribution is 6.31. The molecule has 1 nitrogen and oxygen atoms in total. The lowest BCUT2D eigenvalue weighted by Crippen LogP contribution is -2.30. The van der Waals surface area contributed by atoms with Gasteiger partial charge in [0.15, 0.2) is 0 Å². The average Bonchev–Trinajstić information content (AvgIpc) is 2.41. The summed E-state index contributed by atoms with van der Waals surface area (Å²) in [6.45, 7) is 4.22. The van der Waals surface area contributed by atoms with Gasteiger partial charge in [-0.1, -0.05) is 41.9 Å². The Morgan fingerprint density at radius 1 is 1.05 bits per heavy atom. The zero-order chi connectivity index (χ0) is 14.5. The van der Waals surface area contributed by atoms with E-state index in [-0.39, 0.29) is 17.9 Å². The van der Waals surface area contributed by atoms with Gasteiger partial charge in [-0.25, -0.2) is 4.39 Å². The summed E-state index contributed by atoms with van der Waals surface area (Å²) >= 11 is 6.20. The number of hydrogen-bond acceptors (Lipinski definition) is 1. The van der Waals surface area contributed by atoms with E-state index in [1.165, 1.54) is 12.1 Å². The fourth-order valence-corrected chi connectivity index (χ4v) is 2.68. The number of hydrogen-bond donors (Lipinski definition) is 1. The normalized spacial score (nSPS) is 14.0. The molecular formula is C17H19ClFN. The molecule has 2 aromatic carbocycles. The maximum Gasteiger partial charge on any atom is 0.123 e. The molecule has 2 unspecified atom stereocenters. The van der Waals surface area contributed by atoms with Crippen LogP contribution in [0.4, 0.5) is 4.39 Å². The second-order valence-corrected chi connectivity index (χ2v) is 5.55. The molecule has 0 amide bonds. The van der Waals surface area contributed by atoms with Crippen molar-refractivity contribution in [2.45, 2.75) is 32.4 Å². The topological polar surface area (TPSA) is 12.0 Å².